The Morgan fingerprint density at radius 2 is 1.88 bits per heavy atom. The van der Waals surface area contributed by atoms with E-state index in [4.69, 9.17) is 9.47 Å². The monoisotopic (exact) mass is 340 g/mol. The zero-order valence-corrected chi connectivity index (χ0v) is 12.8. The van der Waals surface area contributed by atoms with Crippen LogP contribution in [0.3, 0.4) is 0 Å². The molecule has 5 nitrogen and oxygen atoms in total. The molecule has 0 atom stereocenters. The van der Waals surface area contributed by atoms with E-state index >= 15 is 0 Å². The van der Waals surface area contributed by atoms with Crippen LogP contribution in [0.25, 0.3) is 0 Å². The van der Waals surface area contributed by atoms with Crippen molar-refractivity contribution >= 4 is 11.6 Å². The van der Waals surface area contributed by atoms with Crippen LogP contribution in [0.5, 0.6) is 11.5 Å². The standard InChI is InChI=1S/C16H15F3N2O3/c1-23-13-3-2-12(21-15(22)9-16(17,18)19)8-14(13)24-10-11-4-6-20-7-5-11/h2-8H,9-10H2,1H3,(H,21,22). The fourth-order valence-corrected chi connectivity index (χ4v) is 1.89. The van der Waals surface area contributed by atoms with Gasteiger partial charge in [-0.05, 0) is 29.8 Å². The van der Waals surface area contributed by atoms with Crippen molar-refractivity contribution in [1.29, 1.82) is 0 Å². The number of nitrogens with zero attached hydrogens (tertiary/aromatic N) is 1. The highest BCUT2D eigenvalue weighted by atomic mass is 19.4. The molecule has 0 spiro atoms. The van der Waals surface area contributed by atoms with E-state index in [2.05, 4.69) is 10.3 Å². The van der Waals surface area contributed by atoms with Crippen molar-refractivity contribution < 1.29 is 27.4 Å². The number of hydrogen-bond acceptors (Lipinski definition) is 4. The van der Waals surface area contributed by atoms with Crippen LogP contribution in [0.1, 0.15) is 12.0 Å². The van der Waals surface area contributed by atoms with Gasteiger partial charge in [0.1, 0.15) is 13.0 Å². The molecule has 2 rings (SSSR count). The van der Waals surface area contributed by atoms with Gasteiger partial charge in [0.15, 0.2) is 11.5 Å². The zero-order chi connectivity index (χ0) is 17.6. The quantitative estimate of drug-likeness (QED) is 0.873. The lowest BCUT2D eigenvalue weighted by Crippen LogP contribution is -2.21. The summed E-state index contributed by atoms with van der Waals surface area (Å²) in [5, 5.41) is 2.18. The second kappa shape index (κ2) is 7.67. The van der Waals surface area contributed by atoms with Gasteiger partial charge in [0.25, 0.3) is 0 Å². The van der Waals surface area contributed by atoms with Gasteiger partial charge in [-0.1, -0.05) is 0 Å². The van der Waals surface area contributed by atoms with Crippen molar-refractivity contribution in [3.8, 4) is 11.5 Å². The van der Waals surface area contributed by atoms with Crippen LogP contribution in [-0.4, -0.2) is 24.2 Å². The van der Waals surface area contributed by atoms with Crippen molar-refractivity contribution in [1.82, 2.24) is 4.98 Å². The molecular weight excluding hydrogens is 325 g/mol. The summed E-state index contributed by atoms with van der Waals surface area (Å²) >= 11 is 0. The molecule has 2 aromatic rings. The molecule has 0 unspecified atom stereocenters. The lowest BCUT2D eigenvalue weighted by atomic mass is 10.2. The number of halogens is 3. The SMILES string of the molecule is COc1ccc(NC(=O)CC(F)(F)F)cc1OCc1ccncc1. The molecule has 1 N–H and O–H groups in total. The minimum absolute atomic E-state index is 0.190. The van der Waals surface area contributed by atoms with E-state index in [9.17, 15) is 18.0 Å². The third kappa shape index (κ3) is 5.45. The third-order valence-electron chi connectivity index (χ3n) is 2.95. The van der Waals surface area contributed by atoms with E-state index in [0.29, 0.717) is 11.5 Å². The summed E-state index contributed by atoms with van der Waals surface area (Å²) in [4.78, 5) is 15.3. The van der Waals surface area contributed by atoms with E-state index in [1.54, 1.807) is 24.5 Å². The molecule has 1 aromatic carbocycles. The summed E-state index contributed by atoms with van der Waals surface area (Å²) in [7, 11) is 1.44. The van der Waals surface area contributed by atoms with Gasteiger partial charge in [-0.3, -0.25) is 9.78 Å². The summed E-state index contributed by atoms with van der Waals surface area (Å²) in [5.74, 6) is -0.440. The molecule has 24 heavy (non-hydrogen) atoms. The Morgan fingerprint density at radius 3 is 2.50 bits per heavy atom. The Hall–Kier alpha value is -2.77. The van der Waals surface area contributed by atoms with E-state index in [0.717, 1.165) is 5.56 Å². The van der Waals surface area contributed by atoms with Crippen LogP contribution in [0.15, 0.2) is 42.7 Å². The van der Waals surface area contributed by atoms with E-state index < -0.39 is 18.5 Å². The Morgan fingerprint density at radius 1 is 1.17 bits per heavy atom. The van der Waals surface area contributed by atoms with E-state index in [1.807, 2.05) is 0 Å². The first-order valence-corrected chi connectivity index (χ1v) is 6.94. The molecule has 0 aliphatic rings. The average Bonchev–Trinajstić information content (AvgIpc) is 2.52. The molecule has 0 bridgehead atoms. The van der Waals surface area contributed by atoms with Crippen LogP contribution >= 0.6 is 0 Å². The van der Waals surface area contributed by atoms with Gasteiger partial charge >= 0.3 is 6.18 Å². The molecular formula is C16H15F3N2O3. The number of anilines is 1. The lowest BCUT2D eigenvalue weighted by Gasteiger charge is -2.13. The number of nitrogens with one attached hydrogen (secondary N) is 1. The normalized spacial score (nSPS) is 11.0. The molecule has 1 aromatic heterocycles. The summed E-state index contributed by atoms with van der Waals surface area (Å²) in [6, 6.07) is 7.88. The number of hydrogen-bond donors (Lipinski definition) is 1. The van der Waals surface area contributed by atoms with Crippen molar-refractivity contribution in [2.45, 2.75) is 19.2 Å². The number of methoxy groups -OCH3 is 1. The first-order valence-electron chi connectivity index (χ1n) is 6.94. The van der Waals surface area contributed by atoms with Crippen LogP contribution in [-0.2, 0) is 11.4 Å². The van der Waals surface area contributed by atoms with Crippen molar-refractivity contribution in [2.75, 3.05) is 12.4 Å². The highest BCUT2D eigenvalue weighted by Crippen LogP contribution is 2.31. The first-order chi connectivity index (χ1) is 11.4. The second-order valence-electron chi connectivity index (χ2n) is 4.85. The number of amides is 1. The number of pyridine rings is 1. The maximum Gasteiger partial charge on any atom is 0.397 e. The molecule has 1 amide bonds. The second-order valence-corrected chi connectivity index (χ2v) is 4.85. The number of carbonyl (C=O) groups excluding carboxylic acids is 1. The highest BCUT2D eigenvalue weighted by molar-refractivity contribution is 5.91. The van der Waals surface area contributed by atoms with E-state index in [1.165, 1.54) is 25.3 Å². The summed E-state index contributed by atoms with van der Waals surface area (Å²) < 4.78 is 47.4. The fourth-order valence-electron chi connectivity index (χ4n) is 1.89. The Labute approximate surface area is 136 Å². The number of carbonyl (C=O) groups is 1. The molecule has 0 saturated heterocycles. The predicted octanol–water partition coefficient (Wildman–Crippen LogP) is 3.56. The molecule has 8 heteroatoms. The Kier molecular flexibility index (Phi) is 5.62. The molecule has 0 saturated carbocycles. The molecule has 1 heterocycles. The first kappa shape index (κ1) is 17.6. The maximum atomic E-state index is 12.2. The predicted molar refractivity (Wildman–Crippen MR) is 80.9 cm³/mol. The number of aromatic nitrogens is 1. The average molecular weight is 340 g/mol. The van der Waals surface area contributed by atoms with Gasteiger partial charge in [-0.15, -0.1) is 0 Å². The Balaban J connectivity index is 2.08. The van der Waals surface area contributed by atoms with Gasteiger partial charge in [-0.25, -0.2) is 0 Å². The van der Waals surface area contributed by atoms with Crippen LogP contribution in [0.2, 0.25) is 0 Å². The fraction of sp³-hybridized carbons (Fsp3) is 0.250. The van der Waals surface area contributed by atoms with Crippen molar-refractivity contribution in [2.24, 2.45) is 0 Å². The summed E-state index contributed by atoms with van der Waals surface area (Å²) in [6.07, 6.45) is -2.88. The van der Waals surface area contributed by atoms with Crippen molar-refractivity contribution in [3.63, 3.8) is 0 Å². The van der Waals surface area contributed by atoms with Gasteiger partial charge in [-0.2, -0.15) is 13.2 Å². The third-order valence-corrected chi connectivity index (χ3v) is 2.95. The molecule has 0 aliphatic heterocycles. The zero-order valence-electron chi connectivity index (χ0n) is 12.8. The summed E-state index contributed by atoms with van der Waals surface area (Å²) in [6.45, 7) is 0.221. The van der Waals surface area contributed by atoms with Gasteiger partial charge in [0.05, 0.1) is 7.11 Å². The molecule has 0 fully saturated rings. The summed E-state index contributed by atoms with van der Waals surface area (Å²) in [5.41, 5.74) is 1.05. The number of rotatable bonds is 6. The highest BCUT2D eigenvalue weighted by Gasteiger charge is 2.31. The maximum absolute atomic E-state index is 12.2. The van der Waals surface area contributed by atoms with Crippen LogP contribution < -0.4 is 14.8 Å². The van der Waals surface area contributed by atoms with Crippen LogP contribution in [0.4, 0.5) is 18.9 Å². The van der Waals surface area contributed by atoms with Gasteiger partial charge < -0.3 is 14.8 Å². The van der Waals surface area contributed by atoms with Crippen molar-refractivity contribution in [3.05, 3.63) is 48.3 Å². The van der Waals surface area contributed by atoms with Gasteiger partial charge in [0, 0.05) is 24.1 Å². The largest absolute Gasteiger partial charge is 0.493 e. The molecule has 0 radical (unpaired) electrons. The smallest absolute Gasteiger partial charge is 0.397 e. The van der Waals surface area contributed by atoms with E-state index in [-0.39, 0.29) is 12.3 Å². The lowest BCUT2D eigenvalue weighted by molar-refractivity contribution is -0.150. The number of benzene rings is 1. The number of alkyl halides is 3. The number of ether oxygens (including phenoxy) is 2. The molecule has 0 aliphatic carbocycles. The minimum atomic E-state index is -4.56. The van der Waals surface area contributed by atoms with Gasteiger partial charge in [0.2, 0.25) is 5.91 Å². The Bertz CT molecular complexity index is 691. The topological polar surface area (TPSA) is 60.5 Å². The van der Waals surface area contributed by atoms with Crippen LogP contribution in [0, 0.1) is 0 Å². The minimum Gasteiger partial charge on any atom is -0.493 e. The molecule has 128 valence electrons.